The number of aryl methyl sites for hydroxylation is 1. The number of anilines is 1. The largest absolute Gasteiger partial charge is 0.454 e. The molecule has 2 bridgehead atoms. The third-order valence-electron chi connectivity index (χ3n) is 6.09. The molecule has 4 rings (SSSR count). The molecule has 7 heteroatoms. The highest BCUT2D eigenvalue weighted by Gasteiger charge is 2.59. The molecule has 1 saturated carbocycles. The van der Waals surface area contributed by atoms with Crippen molar-refractivity contribution in [3.63, 3.8) is 0 Å². The molecule has 0 spiro atoms. The van der Waals surface area contributed by atoms with Gasteiger partial charge in [0.2, 0.25) is 11.8 Å². The maximum atomic E-state index is 12.6. The third kappa shape index (κ3) is 3.00. The predicted molar refractivity (Wildman–Crippen MR) is 99.9 cm³/mol. The van der Waals surface area contributed by atoms with Crippen LogP contribution in [0.15, 0.2) is 30.4 Å². The second kappa shape index (κ2) is 6.89. The van der Waals surface area contributed by atoms with E-state index in [1.54, 1.807) is 6.07 Å². The molecule has 2 aliphatic carbocycles. The van der Waals surface area contributed by atoms with Crippen molar-refractivity contribution < 1.29 is 23.9 Å². The number of amides is 3. The number of likely N-dealkylation sites (tertiary alicyclic amines) is 1. The van der Waals surface area contributed by atoms with Crippen molar-refractivity contribution in [2.45, 2.75) is 20.3 Å². The van der Waals surface area contributed by atoms with E-state index in [0.29, 0.717) is 5.69 Å². The Kier molecular flexibility index (Phi) is 4.53. The van der Waals surface area contributed by atoms with Gasteiger partial charge in [0, 0.05) is 5.69 Å². The molecular weight excluding hydrogens is 360 g/mol. The second-order valence-corrected chi connectivity index (χ2v) is 7.72. The first kappa shape index (κ1) is 18.4. The van der Waals surface area contributed by atoms with Crippen molar-refractivity contribution in [1.29, 1.82) is 0 Å². The van der Waals surface area contributed by atoms with Crippen LogP contribution >= 0.6 is 0 Å². The molecule has 1 aromatic carbocycles. The molecule has 1 saturated heterocycles. The van der Waals surface area contributed by atoms with E-state index in [-0.39, 0.29) is 35.5 Å². The fourth-order valence-corrected chi connectivity index (χ4v) is 4.51. The van der Waals surface area contributed by atoms with E-state index < -0.39 is 25.0 Å². The minimum atomic E-state index is -0.766. The number of hydrogen-bond acceptors (Lipinski definition) is 5. The fourth-order valence-electron chi connectivity index (χ4n) is 4.51. The maximum Gasteiger partial charge on any atom is 0.326 e. The Hall–Kier alpha value is -2.96. The third-order valence-corrected chi connectivity index (χ3v) is 6.09. The molecule has 1 heterocycles. The second-order valence-electron chi connectivity index (χ2n) is 7.72. The molecule has 2 fully saturated rings. The van der Waals surface area contributed by atoms with E-state index in [1.165, 1.54) is 0 Å². The van der Waals surface area contributed by atoms with Gasteiger partial charge in [-0.25, -0.2) is 0 Å². The average Bonchev–Trinajstić information content (AvgIpc) is 3.34. The number of esters is 1. The van der Waals surface area contributed by atoms with E-state index in [4.69, 9.17) is 4.74 Å². The van der Waals surface area contributed by atoms with Crippen LogP contribution in [-0.2, 0) is 23.9 Å². The number of rotatable bonds is 5. The van der Waals surface area contributed by atoms with Crippen LogP contribution in [0.2, 0.25) is 0 Å². The van der Waals surface area contributed by atoms with E-state index in [9.17, 15) is 19.2 Å². The lowest BCUT2D eigenvalue weighted by atomic mass is 9.85. The van der Waals surface area contributed by atoms with E-state index in [1.807, 2.05) is 38.1 Å². The molecular formula is C21H22N2O5. The number of ether oxygens (including phenoxy) is 1. The number of allylic oxidation sites excluding steroid dienone is 2. The SMILES string of the molecule is Cc1cccc(NC(=O)COC(=O)CN2C(=O)[C@@H]3[C@@H](C2=O)[C@H]2C=C[C@H]3C2)c1C. The normalized spacial score (nSPS) is 27.3. The van der Waals surface area contributed by atoms with Crippen molar-refractivity contribution in [2.75, 3.05) is 18.5 Å². The lowest BCUT2D eigenvalue weighted by molar-refractivity contribution is -0.154. The summed E-state index contributed by atoms with van der Waals surface area (Å²) in [4.78, 5) is 50.3. The molecule has 7 nitrogen and oxygen atoms in total. The standard InChI is InChI=1S/C21H22N2O5/c1-11-4-3-5-15(12(11)2)22-16(24)10-28-17(25)9-23-20(26)18-13-6-7-14(8-13)19(18)21(23)27/h3-7,13-14,18-19H,8-10H2,1-2H3,(H,22,24)/t13-,14-,18-,19-/m0/s1. The summed E-state index contributed by atoms with van der Waals surface area (Å²) in [6.07, 6.45) is 4.83. The number of hydrogen-bond donors (Lipinski definition) is 1. The maximum absolute atomic E-state index is 12.6. The summed E-state index contributed by atoms with van der Waals surface area (Å²) >= 11 is 0. The van der Waals surface area contributed by atoms with Gasteiger partial charge in [0.1, 0.15) is 6.54 Å². The molecule has 3 aliphatic rings. The van der Waals surface area contributed by atoms with Crippen LogP contribution in [0.4, 0.5) is 5.69 Å². The topological polar surface area (TPSA) is 92.8 Å². The van der Waals surface area contributed by atoms with Gasteiger partial charge in [-0.15, -0.1) is 0 Å². The minimum absolute atomic E-state index is 0.0933. The molecule has 4 atom stereocenters. The Morgan fingerprint density at radius 3 is 2.39 bits per heavy atom. The first-order chi connectivity index (χ1) is 13.4. The van der Waals surface area contributed by atoms with E-state index in [2.05, 4.69) is 5.32 Å². The van der Waals surface area contributed by atoms with E-state index >= 15 is 0 Å². The monoisotopic (exact) mass is 382 g/mol. The van der Waals surface area contributed by atoms with Gasteiger partial charge in [-0.1, -0.05) is 24.3 Å². The minimum Gasteiger partial charge on any atom is -0.454 e. The van der Waals surface area contributed by atoms with Gasteiger partial charge in [-0.05, 0) is 49.3 Å². The average molecular weight is 382 g/mol. The molecule has 1 aliphatic heterocycles. The lowest BCUT2D eigenvalue weighted by Crippen LogP contribution is -2.38. The summed E-state index contributed by atoms with van der Waals surface area (Å²) in [6, 6.07) is 5.53. The molecule has 0 radical (unpaired) electrons. The van der Waals surface area contributed by atoms with Gasteiger partial charge >= 0.3 is 5.97 Å². The summed E-state index contributed by atoms with van der Waals surface area (Å²) in [5.74, 6) is -2.34. The zero-order valence-corrected chi connectivity index (χ0v) is 15.8. The van der Waals surface area contributed by atoms with Crippen LogP contribution in [-0.4, -0.2) is 41.7 Å². The number of nitrogens with one attached hydrogen (secondary N) is 1. The Bertz CT molecular complexity index is 876. The van der Waals surface area contributed by atoms with E-state index in [0.717, 1.165) is 22.4 Å². The Labute approximate surface area is 162 Å². The highest BCUT2D eigenvalue weighted by Crippen LogP contribution is 2.52. The van der Waals surface area contributed by atoms with Crippen LogP contribution in [0.25, 0.3) is 0 Å². The zero-order valence-electron chi connectivity index (χ0n) is 15.8. The van der Waals surface area contributed by atoms with Gasteiger partial charge in [0.15, 0.2) is 6.61 Å². The van der Waals surface area contributed by atoms with Crippen molar-refractivity contribution in [1.82, 2.24) is 4.90 Å². The molecule has 1 N–H and O–H groups in total. The summed E-state index contributed by atoms with van der Waals surface area (Å²) in [5.41, 5.74) is 2.63. The summed E-state index contributed by atoms with van der Waals surface area (Å²) in [5, 5.41) is 2.70. The van der Waals surface area contributed by atoms with Gasteiger partial charge in [-0.2, -0.15) is 0 Å². The van der Waals surface area contributed by atoms with Crippen LogP contribution in [0.5, 0.6) is 0 Å². The number of carbonyl (C=O) groups excluding carboxylic acids is 4. The number of carbonyl (C=O) groups is 4. The highest BCUT2D eigenvalue weighted by atomic mass is 16.5. The van der Waals surface area contributed by atoms with Crippen molar-refractivity contribution >= 4 is 29.4 Å². The Morgan fingerprint density at radius 1 is 1.11 bits per heavy atom. The molecule has 1 aromatic rings. The van der Waals surface area contributed by atoms with Crippen LogP contribution in [0.3, 0.4) is 0 Å². The lowest BCUT2D eigenvalue weighted by Gasteiger charge is -2.16. The Morgan fingerprint density at radius 2 is 1.75 bits per heavy atom. The summed E-state index contributed by atoms with van der Waals surface area (Å²) in [6.45, 7) is 2.91. The van der Waals surface area contributed by atoms with Crippen molar-refractivity contribution in [3.8, 4) is 0 Å². The van der Waals surface area contributed by atoms with Crippen LogP contribution < -0.4 is 5.32 Å². The molecule has 3 amide bonds. The predicted octanol–water partition coefficient (Wildman–Crippen LogP) is 1.59. The Balaban J connectivity index is 1.30. The van der Waals surface area contributed by atoms with Gasteiger partial charge in [-0.3, -0.25) is 24.1 Å². The first-order valence-electron chi connectivity index (χ1n) is 9.42. The number of imide groups is 1. The molecule has 146 valence electrons. The van der Waals surface area contributed by atoms with Crippen molar-refractivity contribution in [2.24, 2.45) is 23.7 Å². The zero-order chi connectivity index (χ0) is 20.0. The summed E-state index contributed by atoms with van der Waals surface area (Å²) in [7, 11) is 0. The smallest absolute Gasteiger partial charge is 0.326 e. The van der Waals surface area contributed by atoms with Crippen LogP contribution in [0, 0.1) is 37.5 Å². The van der Waals surface area contributed by atoms with Gasteiger partial charge in [0.25, 0.3) is 5.91 Å². The van der Waals surface area contributed by atoms with Crippen molar-refractivity contribution in [3.05, 3.63) is 41.5 Å². The quantitative estimate of drug-likeness (QED) is 0.474. The van der Waals surface area contributed by atoms with Gasteiger partial charge in [0.05, 0.1) is 11.8 Å². The summed E-state index contributed by atoms with van der Waals surface area (Å²) < 4.78 is 4.98. The molecule has 28 heavy (non-hydrogen) atoms. The van der Waals surface area contributed by atoms with Crippen LogP contribution in [0.1, 0.15) is 17.5 Å². The van der Waals surface area contributed by atoms with Gasteiger partial charge < -0.3 is 10.1 Å². The fraction of sp³-hybridized carbons (Fsp3) is 0.429. The number of benzene rings is 1. The molecule has 0 unspecified atom stereocenters. The molecule has 0 aromatic heterocycles. The number of nitrogens with zero attached hydrogens (tertiary/aromatic N) is 1. The first-order valence-corrected chi connectivity index (χ1v) is 9.42. The highest BCUT2D eigenvalue weighted by molar-refractivity contribution is 6.08. The number of fused-ring (bicyclic) bond motifs is 5.